The quantitative estimate of drug-likeness (QED) is 0.779. The molecule has 2 heteroatoms. The fourth-order valence-corrected chi connectivity index (χ4v) is 1.90. The first-order chi connectivity index (χ1) is 6.49. The van der Waals surface area contributed by atoms with Crippen LogP contribution in [0.4, 0.5) is 0 Å². The van der Waals surface area contributed by atoms with Crippen LogP contribution in [0.1, 0.15) is 48.5 Å². The highest BCUT2D eigenvalue weighted by atomic mass is 16.3. The SMILES string of the molecule is CC(O)CN(CC(C)(C)C)CC(C)(C)C. The lowest BCUT2D eigenvalue weighted by molar-refractivity contribution is 0.0791. The van der Waals surface area contributed by atoms with Gasteiger partial charge in [0.05, 0.1) is 6.10 Å². The number of hydrogen-bond donors (Lipinski definition) is 1. The van der Waals surface area contributed by atoms with E-state index in [9.17, 15) is 5.11 Å². The Balaban J connectivity index is 4.32. The van der Waals surface area contributed by atoms with E-state index in [-0.39, 0.29) is 6.10 Å². The van der Waals surface area contributed by atoms with Gasteiger partial charge >= 0.3 is 0 Å². The van der Waals surface area contributed by atoms with Crippen molar-refractivity contribution in [2.24, 2.45) is 10.8 Å². The normalized spacial score (nSPS) is 15.8. The molecule has 0 saturated carbocycles. The zero-order valence-corrected chi connectivity index (χ0v) is 11.6. The fraction of sp³-hybridized carbons (Fsp3) is 1.00. The summed E-state index contributed by atoms with van der Waals surface area (Å²) < 4.78 is 0. The Hall–Kier alpha value is -0.0800. The van der Waals surface area contributed by atoms with Crippen molar-refractivity contribution in [3.63, 3.8) is 0 Å². The van der Waals surface area contributed by atoms with Gasteiger partial charge in [-0.2, -0.15) is 0 Å². The average molecular weight is 215 g/mol. The van der Waals surface area contributed by atoms with Gasteiger partial charge in [0.2, 0.25) is 0 Å². The van der Waals surface area contributed by atoms with Gasteiger partial charge in [-0.3, -0.25) is 4.90 Å². The fourth-order valence-electron chi connectivity index (χ4n) is 1.90. The molecule has 1 unspecified atom stereocenters. The van der Waals surface area contributed by atoms with Crippen LogP contribution in [0.15, 0.2) is 0 Å². The Labute approximate surface area is 95.7 Å². The Morgan fingerprint density at radius 2 is 1.27 bits per heavy atom. The lowest BCUT2D eigenvalue weighted by Gasteiger charge is -2.35. The molecule has 0 saturated heterocycles. The molecule has 0 aromatic heterocycles. The monoisotopic (exact) mass is 215 g/mol. The topological polar surface area (TPSA) is 23.5 Å². The minimum atomic E-state index is -0.241. The van der Waals surface area contributed by atoms with E-state index in [1.807, 2.05) is 6.92 Å². The maximum Gasteiger partial charge on any atom is 0.0639 e. The first kappa shape index (κ1) is 14.9. The molecular weight excluding hydrogens is 186 g/mol. The van der Waals surface area contributed by atoms with E-state index in [2.05, 4.69) is 46.4 Å². The van der Waals surface area contributed by atoms with Crippen LogP contribution in [0, 0.1) is 10.8 Å². The van der Waals surface area contributed by atoms with Gasteiger partial charge < -0.3 is 5.11 Å². The lowest BCUT2D eigenvalue weighted by Crippen LogP contribution is -2.41. The summed E-state index contributed by atoms with van der Waals surface area (Å²) in [6.07, 6.45) is -0.241. The van der Waals surface area contributed by atoms with E-state index >= 15 is 0 Å². The third kappa shape index (κ3) is 10.2. The van der Waals surface area contributed by atoms with Crippen molar-refractivity contribution in [3.8, 4) is 0 Å². The van der Waals surface area contributed by atoms with Gasteiger partial charge in [0, 0.05) is 19.6 Å². The van der Waals surface area contributed by atoms with Gasteiger partial charge in [-0.25, -0.2) is 0 Å². The van der Waals surface area contributed by atoms with Crippen LogP contribution in [0.3, 0.4) is 0 Å². The Bertz CT molecular complexity index is 158. The van der Waals surface area contributed by atoms with Crippen molar-refractivity contribution in [2.75, 3.05) is 19.6 Å². The molecule has 92 valence electrons. The second-order valence-corrected chi connectivity index (χ2v) is 7.14. The molecule has 0 heterocycles. The predicted octanol–water partition coefficient (Wildman–Crippen LogP) is 2.76. The van der Waals surface area contributed by atoms with Gasteiger partial charge in [0.1, 0.15) is 0 Å². The maximum atomic E-state index is 9.47. The van der Waals surface area contributed by atoms with Gasteiger partial charge in [-0.1, -0.05) is 41.5 Å². The van der Waals surface area contributed by atoms with E-state index in [1.54, 1.807) is 0 Å². The van der Waals surface area contributed by atoms with Crippen molar-refractivity contribution in [1.29, 1.82) is 0 Å². The molecule has 0 rings (SSSR count). The molecule has 0 amide bonds. The molecule has 2 nitrogen and oxygen atoms in total. The van der Waals surface area contributed by atoms with E-state index in [0.29, 0.717) is 10.8 Å². The molecule has 0 aliphatic heterocycles. The molecule has 0 aliphatic rings. The van der Waals surface area contributed by atoms with Crippen LogP contribution in [0.2, 0.25) is 0 Å². The summed E-state index contributed by atoms with van der Waals surface area (Å²) in [5, 5.41) is 9.47. The van der Waals surface area contributed by atoms with Crippen LogP contribution in [-0.4, -0.2) is 35.7 Å². The molecule has 1 atom stereocenters. The third-order valence-electron chi connectivity index (χ3n) is 1.92. The van der Waals surface area contributed by atoms with E-state index in [4.69, 9.17) is 0 Å². The highest BCUT2D eigenvalue weighted by Crippen LogP contribution is 2.20. The number of aliphatic hydroxyl groups excluding tert-OH is 1. The summed E-state index contributed by atoms with van der Waals surface area (Å²) in [5.41, 5.74) is 0.584. The largest absolute Gasteiger partial charge is 0.392 e. The van der Waals surface area contributed by atoms with Gasteiger partial charge in [-0.05, 0) is 17.8 Å². The average Bonchev–Trinajstić information content (AvgIpc) is 1.73. The second kappa shape index (κ2) is 5.31. The van der Waals surface area contributed by atoms with E-state index < -0.39 is 0 Å². The van der Waals surface area contributed by atoms with Crippen LogP contribution < -0.4 is 0 Å². The second-order valence-electron chi connectivity index (χ2n) is 7.14. The first-order valence-electron chi connectivity index (χ1n) is 5.90. The smallest absolute Gasteiger partial charge is 0.0639 e. The lowest BCUT2D eigenvalue weighted by atomic mass is 9.92. The van der Waals surface area contributed by atoms with Crippen molar-refractivity contribution >= 4 is 0 Å². The third-order valence-corrected chi connectivity index (χ3v) is 1.92. The minimum Gasteiger partial charge on any atom is -0.392 e. The molecule has 0 aromatic carbocycles. The van der Waals surface area contributed by atoms with Crippen LogP contribution >= 0.6 is 0 Å². The van der Waals surface area contributed by atoms with Crippen molar-refractivity contribution < 1.29 is 5.11 Å². The summed E-state index contributed by atoms with van der Waals surface area (Å²) in [6, 6.07) is 0. The van der Waals surface area contributed by atoms with Crippen molar-refractivity contribution in [3.05, 3.63) is 0 Å². The van der Waals surface area contributed by atoms with Crippen LogP contribution in [-0.2, 0) is 0 Å². The number of rotatable bonds is 4. The van der Waals surface area contributed by atoms with Gasteiger partial charge in [0.25, 0.3) is 0 Å². The Morgan fingerprint density at radius 1 is 0.933 bits per heavy atom. The highest BCUT2D eigenvalue weighted by molar-refractivity contribution is 4.75. The summed E-state index contributed by atoms with van der Waals surface area (Å²) in [4.78, 5) is 2.37. The summed E-state index contributed by atoms with van der Waals surface area (Å²) in [5.74, 6) is 0. The van der Waals surface area contributed by atoms with E-state index in [0.717, 1.165) is 19.6 Å². The molecular formula is C13H29NO. The Kier molecular flexibility index (Phi) is 5.28. The molecule has 0 spiro atoms. The van der Waals surface area contributed by atoms with Crippen LogP contribution in [0.25, 0.3) is 0 Å². The van der Waals surface area contributed by atoms with Crippen molar-refractivity contribution in [2.45, 2.75) is 54.6 Å². The zero-order valence-electron chi connectivity index (χ0n) is 11.6. The standard InChI is InChI=1S/C13H29NO/c1-11(15)8-14(9-12(2,3)4)10-13(5,6)7/h11,15H,8-10H2,1-7H3. The number of nitrogens with zero attached hydrogens (tertiary/aromatic N) is 1. The zero-order chi connectivity index (χ0) is 12.3. The highest BCUT2D eigenvalue weighted by Gasteiger charge is 2.22. The van der Waals surface area contributed by atoms with Gasteiger partial charge in [0.15, 0.2) is 0 Å². The van der Waals surface area contributed by atoms with E-state index in [1.165, 1.54) is 0 Å². The predicted molar refractivity (Wildman–Crippen MR) is 67.0 cm³/mol. The first-order valence-corrected chi connectivity index (χ1v) is 5.90. The molecule has 15 heavy (non-hydrogen) atoms. The minimum absolute atomic E-state index is 0.241. The molecule has 0 bridgehead atoms. The number of hydrogen-bond acceptors (Lipinski definition) is 2. The number of aliphatic hydroxyl groups is 1. The Morgan fingerprint density at radius 3 is 1.47 bits per heavy atom. The molecule has 0 aromatic rings. The summed E-state index contributed by atoms with van der Waals surface area (Å²) in [7, 11) is 0. The molecule has 0 radical (unpaired) electrons. The molecule has 0 aliphatic carbocycles. The van der Waals surface area contributed by atoms with Crippen LogP contribution in [0.5, 0.6) is 0 Å². The van der Waals surface area contributed by atoms with Gasteiger partial charge in [-0.15, -0.1) is 0 Å². The summed E-state index contributed by atoms with van der Waals surface area (Å²) in [6.45, 7) is 18.2. The molecule has 1 N–H and O–H groups in total. The van der Waals surface area contributed by atoms with Crippen molar-refractivity contribution in [1.82, 2.24) is 4.90 Å². The molecule has 0 fully saturated rings. The summed E-state index contributed by atoms with van der Waals surface area (Å²) >= 11 is 0. The maximum absolute atomic E-state index is 9.47.